The van der Waals surface area contributed by atoms with Crippen molar-refractivity contribution in [3.8, 4) is 0 Å². The van der Waals surface area contributed by atoms with E-state index in [0.717, 1.165) is 16.7 Å². The van der Waals surface area contributed by atoms with E-state index >= 15 is 0 Å². The summed E-state index contributed by atoms with van der Waals surface area (Å²) in [6.07, 6.45) is 0.876. The highest BCUT2D eigenvalue weighted by Crippen LogP contribution is 2.32. The minimum Gasteiger partial charge on any atom is -0.382 e. The summed E-state index contributed by atoms with van der Waals surface area (Å²) in [6, 6.07) is 30.4. The molecule has 1 fully saturated rings. The average molecular weight is 489 g/mol. The predicted molar refractivity (Wildman–Crippen MR) is 140 cm³/mol. The third-order valence-corrected chi connectivity index (χ3v) is 6.32. The van der Waals surface area contributed by atoms with Crippen molar-refractivity contribution >= 4 is 0 Å². The van der Waals surface area contributed by atoms with Crippen molar-refractivity contribution in [3.05, 3.63) is 120 Å². The van der Waals surface area contributed by atoms with Crippen molar-refractivity contribution < 1.29 is 23.7 Å². The van der Waals surface area contributed by atoms with Crippen LogP contribution >= 0.6 is 0 Å². The summed E-state index contributed by atoms with van der Waals surface area (Å²) in [5.41, 5.74) is 3.28. The van der Waals surface area contributed by atoms with Gasteiger partial charge in [-0.2, -0.15) is 0 Å². The largest absolute Gasteiger partial charge is 0.382 e. The second kappa shape index (κ2) is 14.1. The molecule has 5 nitrogen and oxygen atoms in total. The van der Waals surface area contributed by atoms with Crippen LogP contribution < -0.4 is 0 Å². The van der Waals surface area contributed by atoms with Gasteiger partial charge in [0.1, 0.15) is 24.4 Å². The van der Waals surface area contributed by atoms with E-state index < -0.39 is 0 Å². The van der Waals surface area contributed by atoms with Gasteiger partial charge in [-0.3, -0.25) is 0 Å². The summed E-state index contributed by atoms with van der Waals surface area (Å²) in [6.45, 7) is 5.69. The first-order valence-corrected chi connectivity index (χ1v) is 12.5. The molecule has 1 aliphatic rings. The lowest BCUT2D eigenvalue weighted by Gasteiger charge is -2.46. The molecule has 0 spiro atoms. The van der Waals surface area contributed by atoms with Crippen molar-refractivity contribution in [1.29, 1.82) is 0 Å². The molecule has 0 N–H and O–H groups in total. The second-order valence-electron chi connectivity index (χ2n) is 8.98. The van der Waals surface area contributed by atoms with E-state index in [1.165, 1.54) is 0 Å². The Kier molecular flexibility index (Phi) is 10.3. The summed E-state index contributed by atoms with van der Waals surface area (Å²) in [5, 5.41) is 0. The molecule has 4 rings (SSSR count). The molecule has 0 radical (unpaired) electrons. The molecule has 3 aromatic rings. The van der Waals surface area contributed by atoms with Gasteiger partial charge in [-0.15, -0.1) is 6.58 Å². The predicted octanol–water partition coefficient (Wildman–Crippen LogP) is 5.73. The molecule has 0 saturated carbocycles. The van der Waals surface area contributed by atoms with Gasteiger partial charge in [0.05, 0.1) is 32.5 Å². The van der Waals surface area contributed by atoms with Crippen LogP contribution in [0.25, 0.3) is 0 Å². The molecule has 5 atom stereocenters. The van der Waals surface area contributed by atoms with Crippen LogP contribution in [0.3, 0.4) is 0 Å². The zero-order valence-electron chi connectivity index (χ0n) is 20.9. The van der Waals surface area contributed by atoms with Crippen LogP contribution in [0.2, 0.25) is 0 Å². The Bertz CT molecular complexity index is 1010. The number of hydrogen-bond acceptors (Lipinski definition) is 5. The van der Waals surface area contributed by atoms with E-state index in [-0.39, 0.29) is 30.5 Å². The van der Waals surface area contributed by atoms with Gasteiger partial charge in [0.2, 0.25) is 0 Å². The third-order valence-electron chi connectivity index (χ3n) is 6.32. The Balaban J connectivity index is 1.60. The van der Waals surface area contributed by atoms with Crippen LogP contribution in [0.4, 0.5) is 0 Å². The molecule has 1 saturated heterocycles. The van der Waals surface area contributed by atoms with Gasteiger partial charge in [-0.25, -0.2) is 0 Å². The van der Waals surface area contributed by atoms with Crippen molar-refractivity contribution in [3.63, 3.8) is 0 Å². The van der Waals surface area contributed by atoms with E-state index in [1.807, 2.05) is 60.7 Å². The van der Waals surface area contributed by atoms with Crippen LogP contribution in [0.15, 0.2) is 104 Å². The van der Waals surface area contributed by atoms with Crippen LogP contribution in [0, 0.1) is 0 Å². The highest BCUT2D eigenvalue weighted by molar-refractivity contribution is 5.16. The molecule has 5 heteroatoms. The molecule has 0 aromatic heterocycles. The normalized spacial score (nSPS) is 23.9. The molecule has 190 valence electrons. The molecule has 0 amide bonds. The third kappa shape index (κ3) is 7.36. The van der Waals surface area contributed by atoms with E-state index in [9.17, 15) is 0 Å². The highest BCUT2D eigenvalue weighted by Gasteiger charge is 2.47. The molecule has 0 aliphatic carbocycles. The van der Waals surface area contributed by atoms with Crippen LogP contribution in [0.1, 0.15) is 23.1 Å². The molecular weight excluding hydrogens is 452 g/mol. The monoisotopic (exact) mass is 488 g/mol. The topological polar surface area (TPSA) is 46.2 Å². The van der Waals surface area contributed by atoms with Gasteiger partial charge < -0.3 is 23.7 Å². The Morgan fingerprint density at radius 3 is 1.47 bits per heavy atom. The van der Waals surface area contributed by atoms with Crippen LogP contribution in [-0.2, 0) is 43.5 Å². The fourth-order valence-corrected chi connectivity index (χ4v) is 4.54. The fraction of sp³-hybridized carbons (Fsp3) is 0.355. The first-order chi connectivity index (χ1) is 17.8. The maximum absolute atomic E-state index is 6.60. The number of hydrogen-bond donors (Lipinski definition) is 0. The van der Waals surface area contributed by atoms with Gasteiger partial charge in [-0.1, -0.05) is 97.1 Å². The van der Waals surface area contributed by atoms with Crippen LogP contribution in [0.5, 0.6) is 0 Å². The van der Waals surface area contributed by atoms with Crippen molar-refractivity contribution in [2.24, 2.45) is 0 Å². The Labute approximate surface area is 214 Å². The lowest BCUT2D eigenvalue weighted by molar-refractivity contribution is -0.270. The molecule has 3 aromatic carbocycles. The number of ether oxygens (including phenoxy) is 5. The van der Waals surface area contributed by atoms with E-state index in [0.29, 0.717) is 32.8 Å². The van der Waals surface area contributed by atoms with Gasteiger partial charge >= 0.3 is 0 Å². The van der Waals surface area contributed by atoms with Gasteiger partial charge in [0.15, 0.2) is 0 Å². The number of rotatable bonds is 13. The quantitative estimate of drug-likeness (QED) is 0.288. The highest BCUT2D eigenvalue weighted by atomic mass is 16.6. The van der Waals surface area contributed by atoms with E-state index in [2.05, 4.69) is 43.0 Å². The van der Waals surface area contributed by atoms with Crippen molar-refractivity contribution in [2.45, 2.75) is 56.8 Å². The number of benzene rings is 3. The molecular formula is C31H36O5. The van der Waals surface area contributed by atoms with Gasteiger partial charge in [0.25, 0.3) is 0 Å². The summed E-state index contributed by atoms with van der Waals surface area (Å²) >= 11 is 0. The second-order valence-corrected chi connectivity index (χ2v) is 8.98. The standard InChI is InChI=1S/C31H36O5/c1-3-13-27-29(33-20-24-14-7-4-8-15-24)31(35-22-26-18-11-6-12-19-26)30(28(36-27)23-32-2)34-21-25-16-9-5-10-17-25/h3-12,14-19,27-31H,1,13,20-23H2,2H3/t27-,28+,29+,30+,31+/m0/s1. The van der Waals surface area contributed by atoms with Gasteiger partial charge in [0, 0.05) is 7.11 Å². The van der Waals surface area contributed by atoms with Crippen molar-refractivity contribution in [2.75, 3.05) is 13.7 Å². The average Bonchev–Trinajstić information content (AvgIpc) is 2.93. The first-order valence-electron chi connectivity index (χ1n) is 12.5. The maximum atomic E-state index is 6.60. The summed E-state index contributed by atoms with van der Waals surface area (Å²) in [7, 11) is 1.68. The SMILES string of the molecule is C=CC[C@@H]1O[C@H](COC)[C@@H](OCc2ccccc2)[C@H](OCc2ccccc2)[C@@H]1OCc1ccccc1. The molecule has 1 aliphatic heterocycles. The lowest BCUT2D eigenvalue weighted by Crippen LogP contribution is -2.61. The molecule has 1 heterocycles. The van der Waals surface area contributed by atoms with Gasteiger partial charge in [-0.05, 0) is 23.1 Å². The summed E-state index contributed by atoms with van der Waals surface area (Å²) in [4.78, 5) is 0. The minimum atomic E-state index is -0.379. The Morgan fingerprint density at radius 2 is 1.06 bits per heavy atom. The zero-order chi connectivity index (χ0) is 25.0. The summed E-state index contributed by atoms with van der Waals surface area (Å²) in [5.74, 6) is 0. The molecule has 0 unspecified atom stereocenters. The minimum absolute atomic E-state index is 0.233. The fourth-order valence-electron chi connectivity index (χ4n) is 4.54. The Morgan fingerprint density at radius 1 is 0.639 bits per heavy atom. The van der Waals surface area contributed by atoms with Crippen molar-refractivity contribution in [1.82, 2.24) is 0 Å². The Hall–Kier alpha value is -2.80. The maximum Gasteiger partial charge on any atom is 0.115 e. The van der Waals surface area contributed by atoms with E-state index in [4.69, 9.17) is 23.7 Å². The smallest absolute Gasteiger partial charge is 0.115 e. The van der Waals surface area contributed by atoms with E-state index in [1.54, 1.807) is 7.11 Å². The zero-order valence-corrected chi connectivity index (χ0v) is 20.9. The lowest BCUT2D eigenvalue weighted by atomic mass is 9.92. The first kappa shape index (κ1) is 26.3. The number of methoxy groups -OCH3 is 1. The molecule has 36 heavy (non-hydrogen) atoms. The van der Waals surface area contributed by atoms with Crippen LogP contribution in [-0.4, -0.2) is 44.2 Å². The molecule has 0 bridgehead atoms. The summed E-state index contributed by atoms with van der Waals surface area (Å²) < 4.78 is 31.7.